The van der Waals surface area contributed by atoms with Crippen LogP contribution in [0.1, 0.15) is 17.9 Å². The molecule has 0 spiro atoms. The van der Waals surface area contributed by atoms with Gasteiger partial charge in [0.05, 0.1) is 0 Å². The van der Waals surface area contributed by atoms with Crippen LogP contribution in [-0.4, -0.2) is 67.0 Å². The Hall–Kier alpha value is -1.55. The first kappa shape index (κ1) is 13.4. The Morgan fingerprint density at radius 1 is 1.00 bits per heavy atom. The molecule has 4 nitrogen and oxygen atoms in total. The van der Waals surface area contributed by atoms with Crippen LogP contribution in [0.2, 0.25) is 0 Å². The summed E-state index contributed by atoms with van der Waals surface area (Å²) in [5.74, 6) is 0.507. The summed E-state index contributed by atoms with van der Waals surface area (Å²) in [6.07, 6.45) is 1.09. The molecule has 2 amide bonds. The summed E-state index contributed by atoms with van der Waals surface area (Å²) < 4.78 is 0. The molecule has 2 saturated heterocycles. The fraction of sp³-hybridized carbons (Fsp3) is 0.562. The van der Waals surface area contributed by atoms with Crippen LogP contribution in [0, 0.1) is 0 Å². The number of nitrogens with zero attached hydrogens (tertiary/aromatic N) is 3. The van der Waals surface area contributed by atoms with Gasteiger partial charge in [0.15, 0.2) is 0 Å². The normalized spacial score (nSPS) is 24.1. The number of rotatable bonds is 1. The number of hydrogen-bond acceptors (Lipinski definition) is 2. The van der Waals surface area contributed by atoms with E-state index in [1.165, 1.54) is 5.56 Å². The smallest absolute Gasteiger partial charge is 0.320 e. The molecule has 108 valence electrons. The van der Waals surface area contributed by atoms with Crippen molar-refractivity contribution in [3.63, 3.8) is 0 Å². The van der Waals surface area contributed by atoms with Gasteiger partial charge >= 0.3 is 6.03 Å². The van der Waals surface area contributed by atoms with Gasteiger partial charge < -0.3 is 14.7 Å². The number of likely N-dealkylation sites (N-methyl/N-ethyl adjacent to an activating group) is 1. The molecule has 0 bridgehead atoms. The molecule has 1 atom stereocenters. The molecule has 1 aromatic carbocycles. The van der Waals surface area contributed by atoms with E-state index in [0.29, 0.717) is 5.92 Å². The van der Waals surface area contributed by atoms with Crippen molar-refractivity contribution in [2.24, 2.45) is 0 Å². The molecule has 2 aliphatic rings. The third-order valence-corrected chi connectivity index (χ3v) is 4.50. The number of amides is 2. The van der Waals surface area contributed by atoms with E-state index in [9.17, 15) is 4.79 Å². The quantitative estimate of drug-likeness (QED) is 0.780. The lowest BCUT2D eigenvalue weighted by Crippen LogP contribution is -2.51. The molecule has 4 heteroatoms. The molecule has 2 aliphatic heterocycles. The molecule has 0 saturated carbocycles. The molecule has 0 aliphatic carbocycles. The van der Waals surface area contributed by atoms with Gasteiger partial charge in [-0.3, -0.25) is 0 Å². The van der Waals surface area contributed by atoms with Crippen LogP contribution < -0.4 is 0 Å². The average Bonchev–Trinajstić information content (AvgIpc) is 2.98. The summed E-state index contributed by atoms with van der Waals surface area (Å²) in [6, 6.07) is 10.8. The van der Waals surface area contributed by atoms with E-state index >= 15 is 0 Å². The van der Waals surface area contributed by atoms with Gasteiger partial charge in [0.2, 0.25) is 0 Å². The lowest BCUT2D eigenvalue weighted by molar-refractivity contribution is 0.128. The Bertz CT molecular complexity index is 454. The summed E-state index contributed by atoms with van der Waals surface area (Å²) >= 11 is 0. The monoisotopic (exact) mass is 273 g/mol. The lowest BCUT2D eigenvalue weighted by atomic mass is 9.99. The molecular weight excluding hydrogens is 250 g/mol. The van der Waals surface area contributed by atoms with Gasteiger partial charge in [-0.2, -0.15) is 0 Å². The van der Waals surface area contributed by atoms with Crippen molar-refractivity contribution in [3.8, 4) is 0 Å². The third-order valence-electron chi connectivity index (χ3n) is 4.50. The minimum Gasteiger partial charge on any atom is -0.324 e. The van der Waals surface area contributed by atoms with Gasteiger partial charge in [0.1, 0.15) is 0 Å². The first-order valence-electron chi connectivity index (χ1n) is 7.51. The fourth-order valence-electron chi connectivity index (χ4n) is 3.13. The summed E-state index contributed by atoms with van der Waals surface area (Å²) in [5, 5.41) is 0. The third kappa shape index (κ3) is 2.80. The number of urea groups is 1. The van der Waals surface area contributed by atoms with E-state index in [0.717, 1.165) is 45.7 Å². The summed E-state index contributed by atoms with van der Waals surface area (Å²) in [5.41, 5.74) is 1.36. The Kier molecular flexibility index (Phi) is 3.92. The maximum Gasteiger partial charge on any atom is 0.320 e. The Morgan fingerprint density at radius 3 is 2.40 bits per heavy atom. The maximum absolute atomic E-state index is 12.5. The van der Waals surface area contributed by atoms with E-state index < -0.39 is 0 Å². The standard InChI is InChI=1S/C16H23N3O/c1-17-9-11-18(12-10-17)16(20)19-8-7-15(13-19)14-5-3-2-4-6-14/h2-6,15H,7-13H2,1H3. The highest BCUT2D eigenvalue weighted by molar-refractivity contribution is 5.75. The van der Waals surface area contributed by atoms with Crippen LogP contribution in [-0.2, 0) is 0 Å². The summed E-state index contributed by atoms with van der Waals surface area (Å²) in [4.78, 5) is 18.8. The van der Waals surface area contributed by atoms with Gasteiger partial charge in [-0.15, -0.1) is 0 Å². The van der Waals surface area contributed by atoms with Crippen molar-refractivity contribution in [2.45, 2.75) is 12.3 Å². The molecular formula is C16H23N3O. The first-order chi connectivity index (χ1) is 9.74. The van der Waals surface area contributed by atoms with Crippen molar-refractivity contribution in [3.05, 3.63) is 35.9 Å². The molecule has 0 N–H and O–H groups in total. The van der Waals surface area contributed by atoms with Gasteiger partial charge in [-0.05, 0) is 19.0 Å². The van der Waals surface area contributed by atoms with E-state index in [1.807, 2.05) is 15.9 Å². The zero-order valence-electron chi connectivity index (χ0n) is 12.2. The van der Waals surface area contributed by atoms with Crippen LogP contribution in [0.4, 0.5) is 4.79 Å². The van der Waals surface area contributed by atoms with Gasteiger partial charge in [0, 0.05) is 45.2 Å². The maximum atomic E-state index is 12.5. The van der Waals surface area contributed by atoms with Crippen LogP contribution in [0.25, 0.3) is 0 Å². The number of benzene rings is 1. The number of carbonyl (C=O) groups excluding carboxylic acids is 1. The van der Waals surface area contributed by atoms with Crippen molar-refractivity contribution in [2.75, 3.05) is 46.3 Å². The predicted molar refractivity (Wildman–Crippen MR) is 79.8 cm³/mol. The molecule has 3 rings (SSSR count). The second-order valence-corrected chi connectivity index (χ2v) is 5.92. The average molecular weight is 273 g/mol. The summed E-state index contributed by atoms with van der Waals surface area (Å²) in [7, 11) is 2.11. The van der Waals surface area contributed by atoms with Crippen LogP contribution in [0.3, 0.4) is 0 Å². The largest absolute Gasteiger partial charge is 0.324 e. The molecule has 2 fully saturated rings. The Morgan fingerprint density at radius 2 is 1.70 bits per heavy atom. The molecule has 20 heavy (non-hydrogen) atoms. The molecule has 0 radical (unpaired) electrons. The second kappa shape index (κ2) is 5.83. The summed E-state index contributed by atoms with van der Waals surface area (Å²) in [6.45, 7) is 5.47. The first-order valence-corrected chi connectivity index (χ1v) is 7.51. The second-order valence-electron chi connectivity index (χ2n) is 5.92. The lowest BCUT2D eigenvalue weighted by Gasteiger charge is -2.35. The van der Waals surface area contributed by atoms with Crippen molar-refractivity contribution in [1.29, 1.82) is 0 Å². The van der Waals surface area contributed by atoms with Gasteiger partial charge in [-0.1, -0.05) is 30.3 Å². The van der Waals surface area contributed by atoms with E-state index in [2.05, 4.69) is 36.2 Å². The van der Waals surface area contributed by atoms with Crippen LogP contribution in [0.15, 0.2) is 30.3 Å². The minimum atomic E-state index is 0.233. The zero-order chi connectivity index (χ0) is 13.9. The van der Waals surface area contributed by atoms with Crippen molar-refractivity contribution >= 4 is 6.03 Å². The molecule has 1 unspecified atom stereocenters. The molecule has 1 aromatic rings. The topological polar surface area (TPSA) is 26.8 Å². The highest BCUT2D eigenvalue weighted by Crippen LogP contribution is 2.27. The number of piperazine rings is 1. The Labute approximate surface area is 121 Å². The number of likely N-dealkylation sites (tertiary alicyclic amines) is 1. The van der Waals surface area contributed by atoms with E-state index in [4.69, 9.17) is 0 Å². The van der Waals surface area contributed by atoms with Crippen LogP contribution in [0.5, 0.6) is 0 Å². The highest BCUT2D eigenvalue weighted by atomic mass is 16.2. The highest BCUT2D eigenvalue weighted by Gasteiger charge is 2.30. The van der Waals surface area contributed by atoms with Gasteiger partial charge in [0.25, 0.3) is 0 Å². The minimum absolute atomic E-state index is 0.233. The Balaban J connectivity index is 1.58. The predicted octanol–water partition coefficient (Wildman–Crippen LogP) is 1.84. The SMILES string of the molecule is CN1CCN(C(=O)N2CCC(c3ccccc3)C2)CC1. The van der Waals surface area contributed by atoms with Crippen LogP contribution >= 0.6 is 0 Å². The molecule has 0 aromatic heterocycles. The van der Waals surface area contributed by atoms with Crippen molar-refractivity contribution in [1.82, 2.24) is 14.7 Å². The number of carbonyl (C=O) groups is 1. The van der Waals surface area contributed by atoms with Crippen molar-refractivity contribution < 1.29 is 4.79 Å². The fourth-order valence-corrected chi connectivity index (χ4v) is 3.13. The van der Waals surface area contributed by atoms with E-state index in [1.54, 1.807) is 0 Å². The number of hydrogen-bond donors (Lipinski definition) is 0. The van der Waals surface area contributed by atoms with E-state index in [-0.39, 0.29) is 6.03 Å². The van der Waals surface area contributed by atoms with Gasteiger partial charge in [-0.25, -0.2) is 4.79 Å². The zero-order valence-corrected chi connectivity index (χ0v) is 12.2. The molecule has 2 heterocycles.